The summed E-state index contributed by atoms with van der Waals surface area (Å²) >= 11 is 0. The van der Waals surface area contributed by atoms with Gasteiger partial charge in [0, 0.05) is 36.8 Å². The summed E-state index contributed by atoms with van der Waals surface area (Å²) in [5.41, 5.74) is 8.38. The molecule has 1 aliphatic rings. The fourth-order valence-electron chi connectivity index (χ4n) is 2.79. The van der Waals surface area contributed by atoms with E-state index in [1.54, 1.807) is 18.3 Å². The average molecular weight is 274 g/mol. The highest BCUT2D eigenvalue weighted by Crippen LogP contribution is 2.26. The van der Waals surface area contributed by atoms with Crippen molar-refractivity contribution in [2.45, 2.75) is 19.5 Å². The molecule has 2 unspecified atom stereocenters. The van der Waals surface area contributed by atoms with Crippen LogP contribution in [0.3, 0.4) is 0 Å². The number of aromatic amines is 1. The van der Waals surface area contributed by atoms with Crippen molar-refractivity contribution in [1.82, 2.24) is 15.1 Å². The van der Waals surface area contributed by atoms with Gasteiger partial charge in [-0.15, -0.1) is 0 Å². The minimum absolute atomic E-state index is 0.221. The highest BCUT2D eigenvalue weighted by Gasteiger charge is 2.27. The van der Waals surface area contributed by atoms with E-state index >= 15 is 0 Å². The summed E-state index contributed by atoms with van der Waals surface area (Å²) in [6.45, 7) is 4.77. The van der Waals surface area contributed by atoms with E-state index in [-0.39, 0.29) is 11.9 Å². The zero-order valence-electron chi connectivity index (χ0n) is 11.5. The Bertz CT molecular complexity index is 585. The maximum Gasteiger partial charge on any atom is 0.132 e. The molecule has 106 valence electrons. The second-order valence-electron chi connectivity index (χ2n) is 5.59. The molecule has 0 saturated carbocycles. The summed E-state index contributed by atoms with van der Waals surface area (Å²) in [5.74, 6) is 0.267. The lowest BCUT2D eigenvalue weighted by molar-refractivity contribution is 0.319. The number of halogens is 1. The second-order valence-corrected chi connectivity index (χ2v) is 5.59. The van der Waals surface area contributed by atoms with Crippen molar-refractivity contribution in [1.29, 1.82) is 0 Å². The summed E-state index contributed by atoms with van der Waals surface area (Å²) < 4.78 is 13.9. The van der Waals surface area contributed by atoms with Gasteiger partial charge >= 0.3 is 0 Å². The molecule has 5 heteroatoms. The monoisotopic (exact) mass is 274 g/mol. The molecule has 0 bridgehead atoms. The van der Waals surface area contributed by atoms with E-state index in [9.17, 15) is 4.39 Å². The van der Waals surface area contributed by atoms with Crippen LogP contribution >= 0.6 is 0 Å². The quantitative estimate of drug-likeness (QED) is 0.900. The largest absolute Gasteiger partial charge is 0.326 e. The van der Waals surface area contributed by atoms with Crippen LogP contribution in [-0.2, 0) is 6.54 Å². The highest BCUT2D eigenvalue weighted by atomic mass is 19.1. The lowest BCUT2D eigenvalue weighted by Gasteiger charge is -2.15. The molecule has 4 nitrogen and oxygen atoms in total. The van der Waals surface area contributed by atoms with Crippen LogP contribution in [0.5, 0.6) is 0 Å². The van der Waals surface area contributed by atoms with E-state index in [1.807, 2.05) is 6.07 Å². The van der Waals surface area contributed by atoms with Crippen LogP contribution in [0.15, 0.2) is 30.5 Å². The van der Waals surface area contributed by atoms with Gasteiger partial charge in [0.15, 0.2) is 0 Å². The number of hydrogen-bond acceptors (Lipinski definition) is 3. The first-order valence-electron chi connectivity index (χ1n) is 6.90. The Kier molecular flexibility index (Phi) is 3.54. The first-order chi connectivity index (χ1) is 9.65. The van der Waals surface area contributed by atoms with Crippen LogP contribution in [-0.4, -0.2) is 34.2 Å². The van der Waals surface area contributed by atoms with Gasteiger partial charge in [-0.25, -0.2) is 4.39 Å². The zero-order valence-corrected chi connectivity index (χ0v) is 11.5. The van der Waals surface area contributed by atoms with Crippen molar-refractivity contribution < 1.29 is 4.39 Å². The summed E-state index contributed by atoms with van der Waals surface area (Å²) in [7, 11) is 0. The Morgan fingerprint density at radius 3 is 2.90 bits per heavy atom. The van der Waals surface area contributed by atoms with Gasteiger partial charge in [-0.1, -0.05) is 19.1 Å². The number of nitrogens with two attached hydrogens (primary N) is 1. The van der Waals surface area contributed by atoms with Crippen molar-refractivity contribution in [3.05, 3.63) is 41.8 Å². The van der Waals surface area contributed by atoms with Crippen LogP contribution in [0.2, 0.25) is 0 Å². The number of H-pyrrole nitrogens is 1. The van der Waals surface area contributed by atoms with E-state index in [4.69, 9.17) is 5.73 Å². The lowest BCUT2D eigenvalue weighted by atomic mass is 10.1. The molecule has 3 N–H and O–H groups in total. The van der Waals surface area contributed by atoms with E-state index < -0.39 is 0 Å². The highest BCUT2D eigenvalue weighted by molar-refractivity contribution is 5.63. The standard InChI is InChI=1S/C15H19FN4/c1-10-7-20(9-14(10)17)8-11-6-18-19-15(11)12-4-2-3-5-13(12)16/h2-6,10,14H,7-9,17H2,1H3,(H,18,19). The van der Waals surface area contributed by atoms with Crippen LogP contribution < -0.4 is 5.73 Å². The van der Waals surface area contributed by atoms with Gasteiger partial charge in [0.2, 0.25) is 0 Å². The number of likely N-dealkylation sites (tertiary alicyclic amines) is 1. The van der Waals surface area contributed by atoms with E-state index in [1.165, 1.54) is 6.07 Å². The molecule has 1 aromatic carbocycles. The number of nitrogens with zero attached hydrogens (tertiary/aromatic N) is 2. The number of aromatic nitrogens is 2. The Hall–Kier alpha value is -1.72. The topological polar surface area (TPSA) is 57.9 Å². The molecule has 0 radical (unpaired) electrons. The molecule has 1 saturated heterocycles. The van der Waals surface area contributed by atoms with Crippen molar-refractivity contribution in [2.24, 2.45) is 11.7 Å². The predicted octanol–water partition coefficient (Wildman–Crippen LogP) is 1.99. The van der Waals surface area contributed by atoms with Crippen molar-refractivity contribution >= 4 is 0 Å². The van der Waals surface area contributed by atoms with Gasteiger partial charge in [0.1, 0.15) is 5.82 Å². The molecular formula is C15H19FN4. The molecule has 0 aliphatic carbocycles. The van der Waals surface area contributed by atoms with Gasteiger partial charge < -0.3 is 5.73 Å². The molecule has 1 aliphatic heterocycles. The number of hydrogen-bond donors (Lipinski definition) is 2. The first kappa shape index (κ1) is 13.3. The zero-order chi connectivity index (χ0) is 14.1. The van der Waals surface area contributed by atoms with Gasteiger partial charge in [-0.3, -0.25) is 10.00 Å². The van der Waals surface area contributed by atoms with Crippen molar-refractivity contribution in [3.8, 4) is 11.3 Å². The fourth-order valence-corrected chi connectivity index (χ4v) is 2.79. The third-order valence-electron chi connectivity index (χ3n) is 4.00. The molecule has 0 spiro atoms. The van der Waals surface area contributed by atoms with Crippen LogP contribution in [0.1, 0.15) is 12.5 Å². The first-order valence-corrected chi connectivity index (χ1v) is 6.90. The third kappa shape index (κ3) is 2.46. The van der Waals surface area contributed by atoms with Gasteiger partial charge in [-0.05, 0) is 18.1 Å². The van der Waals surface area contributed by atoms with Crippen LogP contribution in [0.4, 0.5) is 4.39 Å². The van der Waals surface area contributed by atoms with Gasteiger partial charge in [0.25, 0.3) is 0 Å². The van der Waals surface area contributed by atoms with Gasteiger partial charge in [-0.2, -0.15) is 5.10 Å². The number of nitrogens with one attached hydrogen (secondary N) is 1. The minimum Gasteiger partial charge on any atom is -0.326 e. The number of rotatable bonds is 3. The maximum absolute atomic E-state index is 13.9. The molecule has 20 heavy (non-hydrogen) atoms. The summed E-state index contributed by atoms with van der Waals surface area (Å²) in [6, 6.07) is 6.98. The van der Waals surface area contributed by atoms with Crippen molar-refractivity contribution in [3.63, 3.8) is 0 Å². The molecule has 1 aromatic heterocycles. The fraction of sp³-hybridized carbons (Fsp3) is 0.400. The molecule has 1 fully saturated rings. The normalized spacial score (nSPS) is 23.4. The summed E-state index contributed by atoms with van der Waals surface area (Å²) in [4.78, 5) is 2.30. The Balaban J connectivity index is 1.83. The van der Waals surface area contributed by atoms with Crippen LogP contribution in [0.25, 0.3) is 11.3 Å². The molecule has 2 aromatic rings. The second kappa shape index (κ2) is 5.34. The SMILES string of the molecule is CC1CN(Cc2cn[nH]c2-c2ccccc2F)CC1N. The molecular weight excluding hydrogens is 255 g/mol. The average Bonchev–Trinajstić information content (AvgIpc) is 2.98. The Morgan fingerprint density at radius 2 is 2.20 bits per heavy atom. The predicted molar refractivity (Wildman–Crippen MR) is 76.4 cm³/mol. The number of benzene rings is 1. The molecule has 3 rings (SSSR count). The van der Waals surface area contributed by atoms with E-state index in [2.05, 4.69) is 22.0 Å². The molecule has 0 amide bonds. The van der Waals surface area contributed by atoms with E-state index in [0.717, 1.165) is 30.9 Å². The molecule has 2 atom stereocenters. The Morgan fingerprint density at radius 1 is 1.40 bits per heavy atom. The third-order valence-corrected chi connectivity index (χ3v) is 4.00. The van der Waals surface area contributed by atoms with E-state index in [0.29, 0.717) is 11.5 Å². The Labute approximate surface area is 117 Å². The smallest absolute Gasteiger partial charge is 0.132 e. The minimum atomic E-state index is -0.232. The lowest BCUT2D eigenvalue weighted by Crippen LogP contribution is -2.28. The van der Waals surface area contributed by atoms with Crippen molar-refractivity contribution in [2.75, 3.05) is 13.1 Å². The van der Waals surface area contributed by atoms with Crippen LogP contribution in [0, 0.1) is 11.7 Å². The summed E-state index contributed by atoms with van der Waals surface area (Å²) in [6.07, 6.45) is 1.77. The summed E-state index contributed by atoms with van der Waals surface area (Å²) in [5, 5.41) is 6.98. The van der Waals surface area contributed by atoms with Gasteiger partial charge in [0.05, 0.1) is 11.9 Å². The molecule has 2 heterocycles. The maximum atomic E-state index is 13.9.